The molecule has 2 aromatic rings. The Hall–Kier alpha value is -2.18. The Labute approximate surface area is 167 Å². The van der Waals surface area contributed by atoms with E-state index < -0.39 is 0 Å². The zero-order valence-electron chi connectivity index (χ0n) is 16.8. The van der Waals surface area contributed by atoms with E-state index in [9.17, 15) is 4.79 Å². The van der Waals surface area contributed by atoms with Crippen molar-refractivity contribution in [1.82, 2.24) is 14.7 Å². The van der Waals surface area contributed by atoms with Crippen molar-refractivity contribution >= 4 is 5.97 Å². The standard InChI is InChI=1S/C22H31N3O3/c1-2-28-22(26)21-16-23-25(18-21)13-15-27-14-10-19-8-11-24(12-9-19)17-20-6-4-3-5-7-20/h3-7,16,18-19H,2,8-15,17H2,1H3. The molecule has 28 heavy (non-hydrogen) atoms. The van der Waals surface area contributed by atoms with Gasteiger partial charge in [0.15, 0.2) is 0 Å². The van der Waals surface area contributed by atoms with Gasteiger partial charge in [-0.1, -0.05) is 30.3 Å². The number of carbonyl (C=O) groups is 1. The number of rotatable bonds is 10. The van der Waals surface area contributed by atoms with Gasteiger partial charge in [-0.2, -0.15) is 5.10 Å². The van der Waals surface area contributed by atoms with Gasteiger partial charge >= 0.3 is 5.97 Å². The molecule has 1 aliphatic rings. The molecule has 1 saturated heterocycles. The van der Waals surface area contributed by atoms with E-state index in [4.69, 9.17) is 9.47 Å². The van der Waals surface area contributed by atoms with Crippen molar-refractivity contribution in [2.45, 2.75) is 39.3 Å². The van der Waals surface area contributed by atoms with Crippen LogP contribution in [-0.2, 0) is 22.6 Å². The van der Waals surface area contributed by atoms with Gasteiger partial charge in [-0.3, -0.25) is 9.58 Å². The molecule has 0 saturated carbocycles. The molecule has 3 rings (SSSR count). The van der Waals surface area contributed by atoms with E-state index >= 15 is 0 Å². The number of hydrogen-bond donors (Lipinski definition) is 0. The Balaban J connectivity index is 1.26. The number of benzene rings is 1. The predicted molar refractivity (Wildman–Crippen MR) is 108 cm³/mol. The smallest absolute Gasteiger partial charge is 0.341 e. The molecule has 6 heteroatoms. The summed E-state index contributed by atoms with van der Waals surface area (Å²) >= 11 is 0. The van der Waals surface area contributed by atoms with Gasteiger partial charge < -0.3 is 9.47 Å². The van der Waals surface area contributed by atoms with Gasteiger partial charge in [0, 0.05) is 19.3 Å². The van der Waals surface area contributed by atoms with Crippen molar-refractivity contribution in [3.63, 3.8) is 0 Å². The number of likely N-dealkylation sites (tertiary alicyclic amines) is 1. The number of piperidine rings is 1. The van der Waals surface area contributed by atoms with Crippen LogP contribution >= 0.6 is 0 Å². The quantitative estimate of drug-likeness (QED) is 0.464. The highest BCUT2D eigenvalue weighted by atomic mass is 16.5. The molecule has 152 valence electrons. The molecule has 1 aromatic heterocycles. The van der Waals surface area contributed by atoms with Crippen LogP contribution in [0, 0.1) is 5.92 Å². The van der Waals surface area contributed by atoms with Crippen LogP contribution in [0.3, 0.4) is 0 Å². The van der Waals surface area contributed by atoms with Crippen LogP contribution in [0.15, 0.2) is 42.7 Å². The molecule has 0 amide bonds. The fraction of sp³-hybridized carbons (Fsp3) is 0.545. The third-order valence-electron chi connectivity index (χ3n) is 5.24. The Morgan fingerprint density at radius 2 is 1.96 bits per heavy atom. The molecule has 6 nitrogen and oxygen atoms in total. The topological polar surface area (TPSA) is 56.6 Å². The summed E-state index contributed by atoms with van der Waals surface area (Å²) in [6.45, 7) is 7.61. The first kappa shape index (κ1) is 20.6. The number of aromatic nitrogens is 2. The third-order valence-corrected chi connectivity index (χ3v) is 5.24. The van der Waals surface area contributed by atoms with Crippen LogP contribution in [0.25, 0.3) is 0 Å². The van der Waals surface area contributed by atoms with E-state index in [1.54, 1.807) is 24.0 Å². The molecule has 0 spiro atoms. The maximum absolute atomic E-state index is 11.6. The normalized spacial score (nSPS) is 15.6. The van der Waals surface area contributed by atoms with Crippen LogP contribution < -0.4 is 0 Å². The lowest BCUT2D eigenvalue weighted by molar-refractivity contribution is 0.0526. The lowest BCUT2D eigenvalue weighted by Crippen LogP contribution is -2.33. The molecular weight excluding hydrogens is 354 g/mol. The van der Waals surface area contributed by atoms with Crippen LogP contribution in [0.5, 0.6) is 0 Å². The fourth-order valence-corrected chi connectivity index (χ4v) is 3.59. The lowest BCUT2D eigenvalue weighted by Gasteiger charge is -2.32. The van der Waals surface area contributed by atoms with Crippen molar-refractivity contribution in [3.8, 4) is 0 Å². The minimum atomic E-state index is -0.326. The second kappa shape index (κ2) is 11.0. The van der Waals surface area contributed by atoms with Gasteiger partial charge in [-0.25, -0.2) is 4.79 Å². The van der Waals surface area contributed by atoms with Gasteiger partial charge in [0.25, 0.3) is 0 Å². The Morgan fingerprint density at radius 1 is 1.18 bits per heavy atom. The SMILES string of the molecule is CCOC(=O)c1cnn(CCOCCC2CCN(Cc3ccccc3)CC2)c1. The highest BCUT2D eigenvalue weighted by molar-refractivity contribution is 5.88. The largest absolute Gasteiger partial charge is 0.462 e. The van der Waals surface area contributed by atoms with Crippen LogP contribution in [0.1, 0.15) is 42.1 Å². The second-order valence-corrected chi connectivity index (χ2v) is 7.32. The molecule has 0 bridgehead atoms. The van der Waals surface area contributed by atoms with E-state index in [2.05, 4.69) is 40.3 Å². The molecule has 1 aromatic carbocycles. The molecule has 1 aliphatic heterocycles. The first-order valence-electron chi connectivity index (χ1n) is 10.3. The minimum absolute atomic E-state index is 0.326. The Kier molecular flexibility index (Phi) is 8.06. The van der Waals surface area contributed by atoms with Crippen molar-refractivity contribution in [2.24, 2.45) is 5.92 Å². The molecule has 0 atom stereocenters. The highest BCUT2D eigenvalue weighted by Crippen LogP contribution is 2.21. The third kappa shape index (κ3) is 6.46. The van der Waals surface area contributed by atoms with Gasteiger partial charge in [0.2, 0.25) is 0 Å². The number of esters is 1. The van der Waals surface area contributed by atoms with E-state index in [1.807, 2.05) is 0 Å². The number of hydrogen-bond acceptors (Lipinski definition) is 5. The maximum Gasteiger partial charge on any atom is 0.341 e. The summed E-state index contributed by atoms with van der Waals surface area (Å²) in [6.07, 6.45) is 6.87. The minimum Gasteiger partial charge on any atom is -0.462 e. The molecule has 0 aliphatic carbocycles. The molecular formula is C22H31N3O3. The van der Waals surface area contributed by atoms with Gasteiger partial charge in [-0.15, -0.1) is 0 Å². The number of carbonyl (C=O) groups excluding carboxylic acids is 1. The summed E-state index contributed by atoms with van der Waals surface area (Å²) in [6, 6.07) is 10.7. The highest BCUT2D eigenvalue weighted by Gasteiger charge is 2.19. The zero-order chi connectivity index (χ0) is 19.6. The monoisotopic (exact) mass is 385 g/mol. The average Bonchev–Trinajstić information content (AvgIpc) is 3.19. The summed E-state index contributed by atoms with van der Waals surface area (Å²) in [5.74, 6) is 0.431. The lowest BCUT2D eigenvalue weighted by atomic mass is 9.93. The second-order valence-electron chi connectivity index (χ2n) is 7.32. The van der Waals surface area contributed by atoms with Gasteiger partial charge in [0.1, 0.15) is 0 Å². The van der Waals surface area contributed by atoms with Crippen LogP contribution in [0.2, 0.25) is 0 Å². The summed E-state index contributed by atoms with van der Waals surface area (Å²) in [5, 5.41) is 4.18. The summed E-state index contributed by atoms with van der Waals surface area (Å²) in [4.78, 5) is 14.2. The maximum atomic E-state index is 11.6. The van der Waals surface area contributed by atoms with Gasteiger partial charge in [-0.05, 0) is 50.8 Å². The first-order chi connectivity index (χ1) is 13.7. The van der Waals surface area contributed by atoms with Crippen molar-refractivity contribution in [1.29, 1.82) is 0 Å². The Morgan fingerprint density at radius 3 is 2.71 bits per heavy atom. The predicted octanol–water partition coefficient (Wildman–Crippen LogP) is 3.38. The van der Waals surface area contributed by atoms with E-state index in [0.29, 0.717) is 25.3 Å². The van der Waals surface area contributed by atoms with Crippen molar-refractivity contribution < 1.29 is 14.3 Å². The van der Waals surface area contributed by atoms with E-state index in [0.717, 1.165) is 25.5 Å². The van der Waals surface area contributed by atoms with Crippen molar-refractivity contribution in [2.75, 3.05) is 32.9 Å². The number of ether oxygens (including phenoxy) is 2. The Bertz CT molecular complexity index is 709. The zero-order valence-corrected chi connectivity index (χ0v) is 16.8. The number of nitrogens with zero attached hydrogens (tertiary/aromatic N) is 3. The fourth-order valence-electron chi connectivity index (χ4n) is 3.59. The summed E-state index contributed by atoms with van der Waals surface area (Å²) < 4.78 is 12.5. The average molecular weight is 386 g/mol. The molecule has 0 radical (unpaired) electrons. The molecule has 1 fully saturated rings. The van der Waals surface area contributed by atoms with Crippen LogP contribution in [-0.4, -0.2) is 53.6 Å². The van der Waals surface area contributed by atoms with E-state index in [1.165, 1.54) is 31.5 Å². The summed E-state index contributed by atoms with van der Waals surface area (Å²) in [7, 11) is 0. The first-order valence-corrected chi connectivity index (χ1v) is 10.3. The molecule has 2 heterocycles. The van der Waals surface area contributed by atoms with Crippen molar-refractivity contribution in [3.05, 3.63) is 53.9 Å². The van der Waals surface area contributed by atoms with Crippen LogP contribution in [0.4, 0.5) is 0 Å². The van der Waals surface area contributed by atoms with E-state index in [-0.39, 0.29) is 5.97 Å². The van der Waals surface area contributed by atoms with Gasteiger partial charge in [0.05, 0.1) is 31.5 Å². The summed E-state index contributed by atoms with van der Waals surface area (Å²) in [5.41, 5.74) is 1.89. The molecule has 0 N–H and O–H groups in total. The molecule has 0 unspecified atom stereocenters.